The summed E-state index contributed by atoms with van der Waals surface area (Å²) in [5.74, 6) is 1.19. The molecule has 6 nitrogen and oxygen atoms in total. The van der Waals surface area contributed by atoms with Gasteiger partial charge in [0.2, 0.25) is 5.50 Å². The summed E-state index contributed by atoms with van der Waals surface area (Å²) >= 11 is 0. The Balaban J connectivity index is 2.11. The van der Waals surface area contributed by atoms with Crippen LogP contribution in [-0.4, -0.2) is 33.3 Å². The fourth-order valence-electron chi connectivity index (χ4n) is 2.51. The predicted octanol–water partition coefficient (Wildman–Crippen LogP) is 5.05. The zero-order valence-corrected chi connectivity index (χ0v) is 19.1. The number of hydrogen-bond acceptors (Lipinski definition) is 6. The lowest BCUT2D eigenvalue weighted by Gasteiger charge is -2.14. The van der Waals surface area contributed by atoms with Gasteiger partial charge in [0.15, 0.2) is 0 Å². The molecular formula is C20H29O6PSi. The lowest BCUT2D eigenvalue weighted by molar-refractivity contribution is -0.113. The van der Waals surface area contributed by atoms with Gasteiger partial charge < -0.3 is 23.0 Å². The molecule has 0 radical (unpaired) electrons. The van der Waals surface area contributed by atoms with E-state index >= 15 is 0 Å². The largest absolute Gasteiger partial charge is 0.493 e. The molecule has 2 rings (SSSR count). The third kappa shape index (κ3) is 5.91. The van der Waals surface area contributed by atoms with Crippen LogP contribution in [0.25, 0.3) is 11.3 Å². The molecule has 0 aliphatic rings. The molecule has 0 aliphatic heterocycles. The van der Waals surface area contributed by atoms with Crippen molar-refractivity contribution in [3.8, 4) is 17.1 Å². The van der Waals surface area contributed by atoms with E-state index in [1.165, 1.54) is 0 Å². The van der Waals surface area contributed by atoms with Crippen LogP contribution in [0.1, 0.15) is 20.3 Å². The van der Waals surface area contributed by atoms with Gasteiger partial charge in [0.05, 0.1) is 19.8 Å². The Morgan fingerprint density at radius 2 is 1.75 bits per heavy atom. The van der Waals surface area contributed by atoms with Gasteiger partial charge in [0.1, 0.15) is 25.0 Å². The Labute approximate surface area is 167 Å². The average Bonchev–Trinajstić information content (AvgIpc) is 3.12. The van der Waals surface area contributed by atoms with Gasteiger partial charge in [-0.1, -0.05) is 31.8 Å². The van der Waals surface area contributed by atoms with Crippen LogP contribution in [-0.2, 0) is 18.4 Å². The summed E-state index contributed by atoms with van der Waals surface area (Å²) in [6.45, 7) is 10.5. The molecule has 8 heteroatoms. The molecule has 0 saturated carbocycles. The molecule has 0 saturated heterocycles. The maximum atomic E-state index is 12.8. The second kappa shape index (κ2) is 9.70. The summed E-state index contributed by atoms with van der Waals surface area (Å²) in [5, 5.41) is 0.293. The van der Waals surface area contributed by atoms with Crippen molar-refractivity contribution in [2.45, 2.75) is 39.9 Å². The van der Waals surface area contributed by atoms with E-state index < -0.39 is 15.7 Å². The number of carbonyl (C=O) groups excluding carboxylic acids is 1. The summed E-state index contributed by atoms with van der Waals surface area (Å²) < 4.78 is 35.0. The van der Waals surface area contributed by atoms with Gasteiger partial charge in [-0.2, -0.15) is 0 Å². The topological polar surface area (TPSA) is 75.0 Å². The van der Waals surface area contributed by atoms with E-state index in [9.17, 15) is 9.36 Å². The Morgan fingerprint density at radius 1 is 1.07 bits per heavy atom. The van der Waals surface area contributed by atoms with Crippen molar-refractivity contribution in [2.75, 3.05) is 19.8 Å². The molecule has 154 valence electrons. The summed E-state index contributed by atoms with van der Waals surface area (Å²) in [7, 11) is -5.23. The van der Waals surface area contributed by atoms with Gasteiger partial charge in [-0.15, -0.1) is 0 Å². The van der Waals surface area contributed by atoms with E-state index in [4.69, 9.17) is 18.2 Å². The number of carbonyl (C=O) groups is 1. The third-order valence-electron chi connectivity index (χ3n) is 4.01. The fourth-order valence-corrected chi connectivity index (χ4v) is 4.84. The molecular weight excluding hydrogens is 395 g/mol. The molecule has 0 aliphatic carbocycles. The van der Waals surface area contributed by atoms with Crippen molar-refractivity contribution < 1.29 is 27.6 Å². The summed E-state index contributed by atoms with van der Waals surface area (Å²) in [4.78, 5) is 12.1. The van der Waals surface area contributed by atoms with Crippen molar-refractivity contribution in [1.29, 1.82) is 0 Å². The van der Waals surface area contributed by atoms with E-state index in [2.05, 4.69) is 0 Å². The Hall–Kier alpha value is -1.66. The lowest BCUT2D eigenvalue weighted by atomic mass is 10.1. The van der Waals surface area contributed by atoms with Gasteiger partial charge in [-0.3, -0.25) is 4.57 Å². The minimum absolute atomic E-state index is 0.179. The standard InChI is InChI=1S/C20H29O6PSi/c1-6-24-27(22,25-7-2)20-12-11-18(26-20)16-9-8-10-17(15-16)23-14-13-19(21)28(3,4)5/h8-12,15H,6-7,13-14H2,1-5H3. The fraction of sp³-hybridized carbons (Fsp3) is 0.450. The summed E-state index contributed by atoms with van der Waals surface area (Å²) in [5.41, 5.74) is 0.957. The third-order valence-corrected chi connectivity index (χ3v) is 7.91. The van der Waals surface area contributed by atoms with E-state index in [0.717, 1.165) is 5.56 Å². The van der Waals surface area contributed by atoms with E-state index in [1.807, 2.05) is 43.9 Å². The minimum atomic E-state index is -3.46. The summed E-state index contributed by atoms with van der Waals surface area (Å²) in [6.07, 6.45) is 0.413. The first kappa shape index (κ1) is 22.6. The highest BCUT2D eigenvalue weighted by Gasteiger charge is 2.31. The highest BCUT2D eigenvalue weighted by molar-refractivity contribution is 7.61. The SMILES string of the molecule is CCOP(=O)(OCC)c1ccc(-c2cccc(OCCC(=O)[Si](C)(C)C)c2)o1. The second-order valence-corrected chi connectivity index (χ2v) is 14.3. The molecule has 0 bridgehead atoms. The van der Waals surface area contributed by atoms with E-state index in [1.54, 1.807) is 26.0 Å². The highest BCUT2D eigenvalue weighted by Crippen LogP contribution is 2.47. The molecule has 0 amide bonds. The van der Waals surface area contributed by atoms with Gasteiger partial charge >= 0.3 is 7.60 Å². The van der Waals surface area contributed by atoms with E-state index in [0.29, 0.717) is 29.9 Å². The van der Waals surface area contributed by atoms with Crippen LogP contribution >= 0.6 is 7.60 Å². The van der Waals surface area contributed by atoms with Gasteiger partial charge in [-0.25, -0.2) is 0 Å². The molecule has 0 N–H and O–H groups in total. The molecule has 0 unspecified atom stereocenters. The van der Waals surface area contributed by atoms with Crippen LogP contribution in [0.3, 0.4) is 0 Å². The number of benzene rings is 1. The normalized spacial score (nSPS) is 12.2. The molecule has 1 aromatic heterocycles. The van der Waals surface area contributed by atoms with Crippen molar-refractivity contribution >= 4 is 26.6 Å². The van der Waals surface area contributed by atoms with Crippen LogP contribution in [0.15, 0.2) is 40.8 Å². The molecule has 1 heterocycles. The van der Waals surface area contributed by atoms with Crippen LogP contribution < -0.4 is 10.2 Å². The molecule has 0 atom stereocenters. The quantitative estimate of drug-likeness (QED) is 0.371. The second-order valence-electron chi connectivity index (χ2n) is 7.27. The van der Waals surface area contributed by atoms with Crippen molar-refractivity contribution in [2.24, 2.45) is 0 Å². The first-order chi connectivity index (χ1) is 13.2. The Morgan fingerprint density at radius 3 is 2.36 bits per heavy atom. The smallest absolute Gasteiger partial charge is 0.396 e. The monoisotopic (exact) mass is 424 g/mol. The van der Waals surface area contributed by atoms with Gasteiger partial charge in [-0.05, 0) is 38.1 Å². The van der Waals surface area contributed by atoms with Crippen LogP contribution in [0.5, 0.6) is 5.75 Å². The molecule has 1 aromatic carbocycles. The maximum Gasteiger partial charge on any atom is 0.396 e. The molecule has 28 heavy (non-hydrogen) atoms. The van der Waals surface area contributed by atoms with E-state index in [-0.39, 0.29) is 18.7 Å². The maximum absolute atomic E-state index is 12.8. The molecule has 2 aromatic rings. The van der Waals surface area contributed by atoms with Gasteiger partial charge in [0, 0.05) is 12.0 Å². The van der Waals surface area contributed by atoms with Gasteiger partial charge in [0.25, 0.3) is 0 Å². The predicted molar refractivity (Wildman–Crippen MR) is 113 cm³/mol. The summed E-state index contributed by atoms with van der Waals surface area (Å²) in [6, 6.07) is 10.7. The lowest BCUT2D eigenvalue weighted by Crippen LogP contribution is -2.34. The minimum Gasteiger partial charge on any atom is -0.493 e. The Bertz CT molecular complexity index is 829. The zero-order valence-electron chi connectivity index (χ0n) is 17.2. The highest BCUT2D eigenvalue weighted by atomic mass is 31.2. The van der Waals surface area contributed by atoms with Crippen molar-refractivity contribution in [3.05, 3.63) is 36.4 Å². The first-order valence-corrected chi connectivity index (χ1v) is 14.5. The number of hydrogen-bond donors (Lipinski definition) is 0. The first-order valence-electron chi connectivity index (χ1n) is 9.45. The van der Waals surface area contributed by atoms with Crippen LogP contribution in [0, 0.1) is 0 Å². The number of ether oxygens (including phenoxy) is 1. The van der Waals surface area contributed by atoms with Crippen LogP contribution in [0.2, 0.25) is 19.6 Å². The average molecular weight is 425 g/mol. The molecule has 0 fully saturated rings. The van der Waals surface area contributed by atoms with Crippen molar-refractivity contribution in [1.82, 2.24) is 0 Å². The zero-order chi connectivity index (χ0) is 20.8. The number of furan rings is 1. The van der Waals surface area contributed by atoms with Crippen LogP contribution in [0.4, 0.5) is 0 Å². The van der Waals surface area contributed by atoms with Crippen molar-refractivity contribution in [3.63, 3.8) is 0 Å². The number of rotatable bonds is 11. The Kier molecular flexibility index (Phi) is 7.84. The molecule has 0 spiro atoms.